The molecule has 0 aromatic heterocycles. The molecule has 2 fully saturated rings. The molecule has 0 amide bonds. The molecule has 1 heteroatoms. The second-order valence-electron chi connectivity index (χ2n) is 5.65. The third-order valence-electron chi connectivity index (χ3n) is 4.81. The molecule has 2 rings (SSSR count). The van der Waals surface area contributed by atoms with Gasteiger partial charge in [0.15, 0.2) is 0 Å². The van der Waals surface area contributed by atoms with Gasteiger partial charge in [0.1, 0.15) is 0 Å². The van der Waals surface area contributed by atoms with E-state index in [1.807, 2.05) is 0 Å². The van der Waals surface area contributed by atoms with Gasteiger partial charge in [0.25, 0.3) is 0 Å². The van der Waals surface area contributed by atoms with Crippen molar-refractivity contribution < 1.29 is 0 Å². The molecule has 0 heterocycles. The maximum atomic E-state index is 6.49. The van der Waals surface area contributed by atoms with Crippen molar-refractivity contribution in [3.63, 3.8) is 0 Å². The van der Waals surface area contributed by atoms with Crippen LogP contribution in [0.2, 0.25) is 0 Å². The van der Waals surface area contributed by atoms with E-state index in [1.165, 1.54) is 57.8 Å². The molecular weight excluding hydrogens is 204 g/mol. The Bertz CT molecular complexity index is 182. The summed E-state index contributed by atoms with van der Waals surface area (Å²) in [7, 11) is 0. The molecule has 0 spiro atoms. The molecule has 2 aliphatic carbocycles. The van der Waals surface area contributed by atoms with Crippen LogP contribution in [0.5, 0.6) is 0 Å². The largest absolute Gasteiger partial charge is 0.123 e. The molecular formula is C14H25Cl. The van der Waals surface area contributed by atoms with Gasteiger partial charge in [-0.2, -0.15) is 0 Å². The summed E-state index contributed by atoms with van der Waals surface area (Å²) in [6.07, 6.45) is 12.8. The summed E-state index contributed by atoms with van der Waals surface area (Å²) in [6, 6.07) is 0. The van der Waals surface area contributed by atoms with Crippen LogP contribution in [0.3, 0.4) is 0 Å². The first kappa shape index (κ1) is 11.8. The van der Waals surface area contributed by atoms with Crippen LogP contribution in [0.4, 0.5) is 0 Å². The van der Waals surface area contributed by atoms with Crippen molar-refractivity contribution in [1.82, 2.24) is 0 Å². The number of alkyl halides is 1. The Hall–Kier alpha value is 0.290. The van der Waals surface area contributed by atoms with Crippen LogP contribution in [-0.2, 0) is 0 Å². The van der Waals surface area contributed by atoms with Gasteiger partial charge in [-0.25, -0.2) is 0 Å². The van der Waals surface area contributed by atoms with Gasteiger partial charge < -0.3 is 0 Å². The fourth-order valence-corrected chi connectivity index (χ4v) is 4.16. The molecule has 0 N–H and O–H groups in total. The van der Waals surface area contributed by atoms with Crippen LogP contribution in [-0.4, -0.2) is 5.38 Å². The monoisotopic (exact) mass is 228 g/mol. The summed E-state index contributed by atoms with van der Waals surface area (Å²) in [4.78, 5) is 0. The highest BCUT2D eigenvalue weighted by atomic mass is 35.5. The number of halogens is 1. The van der Waals surface area contributed by atoms with Gasteiger partial charge in [-0.05, 0) is 43.4 Å². The van der Waals surface area contributed by atoms with Gasteiger partial charge in [0.2, 0.25) is 0 Å². The van der Waals surface area contributed by atoms with E-state index >= 15 is 0 Å². The third kappa shape index (κ3) is 2.90. The first-order valence-electron chi connectivity index (χ1n) is 6.95. The zero-order chi connectivity index (χ0) is 10.7. The zero-order valence-corrected chi connectivity index (χ0v) is 10.8. The van der Waals surface area contributed by atoms with Gasteiger partial charge in [-0.3, -0.25) is 0 Å². The van der Waals surface area contributed by atoms with Crippen molar-refractivity contribution in [3.8, 4) is 0 Å². The maximum Gasteiger partial charge on any atom is 0.0366 e. The summed E-state index contributed by atoms with van der Waals surface area (Å²) in [5.41, 5.74) is 0. The molecule has 2 saturated carbocycles. The lowest BCUT2D eigenvalue weighted by atomic mass is 9.70. The van der Waals surface area contributed by atoms with Crippen molar-refractivity contribution in [2.24, 2.45) is 17.8 Å². The number of hydrogen-bond donors (Lipinski definition) is 0. The van der Waals surface area contributed by atoms with Crippen molar-refractivity contribution in [3.05, 3.63) is 0 Å². The lowest BCUT2D eigenvalue weighted by Gasteiger charge is -2.38. The molecule has 2 aliphatic rings. The highest BCUT2D eigenvalue weighted by Crippen LogP contribution is 2.42. The highest BCUT2D eigenvalue weighted by Gasteiger charge is 2.32. The molecule has 0 aromatic rings. The first-order chi connectivity index (χ1) is 7.31. The van der Waals surface area contributed by atoms with Crippen molar-refractivity contribution in [1.29, 1.82) is 0 Å². The van der Waals surface area contributed by atoms with E-state index < -0.39 is 0 Å². The van der Waals surface area contributed by atoms with Crippen LogP contribution < -0.4 is 0 Å². The minimum absolute atomic E-state index is 0.502. The van der Waals surface area contributed by atoms with E-state index in [0.29, 0.717) is 5.38 Å². The fourth-order valence-electron chi connectivity index (χ4n) is 3.67. The zero-order valence-electron chi connectivity index (χ0n) is 10.1. The van der Waals surface area contributed by atoms with Gasteiger partial charge in [-0.1, -0.05) is 39.0 Å². The molecule has 0 aliphatic heterocycles. The van der Waals surface area contributed by atoms with Crippen LogP contribution in [0.15, 0.2) is 0 Å². The molecule has 0 radical (unpaired) electrons. The average Bonchev–Trinajstić information content (AvgIpc) is 2.30. The highest BCUT2D eigenvalue weighted by molar-refractivity contribution is 6.20. The Morgan fingerprint density at radius 1 is 0.933 bits per heavy atom. The van der Waals surface area contributed by atoms with E-state index in [-0.39, 0.29) is 0 Å². The van der Waals surface area contributed by atoms with Crippen LogP contribution in [0, 0.1) is 17.8 Å². The van der Waals surface area contributed by atoms with Crippen LogP contribution in [0.25, 0.3) is 0 Å². The van der Waals surface area contributed by atoms with Crippen molar-refractivity contribution in [2.75, 3.05) is 0 Å². The Kier molecular flexibility index (Phi) is 4.37. The van der Waals surface area contributed by atoms with Crippen LogP contribution in [0.1, 0.15) is 64.7 Å². The van der Waals surface area contributed by atoms with E-state index in [2.05, 4.69) is 6.92 Å². The van der Waals surface area contributed by atoms with Gasteiger partial charge >= 0.3 is 0 Å². The minimum atomic E-state index is 0.502. The first-order valence-corrected chi connectivity index (χ1v) is 7.39. The third-order valence-corrected chi connectivity index (χ3v) is 5.35. The molecule has 15 heavy (non-hydrogen) atoms. The molecule has 0 aromatic carbocycles. The summed E-state index contributed by atoms with van der Waals surface area (Å²) in [5.74, 6) is 2.85. The van der Waals surface area contributed by atoms with E-state index in [9.17, 15) is 0 Å². The molecule has 2 atom stereocenters. The van der Waals surface area contributed by atoms with Gasteiger partial charge in [-0.15, -0.1) is 11.6 Å². The normalized spacial score (nSPS) is 42.8. The van der Waals surface area contributed by atoms with E-state index in [4.69, 9.17) is 11.6 Å². The summed E-state index contributed by atoms with van der Waals surface area (Å²) < 4.78 is 0. The predicted molar refractivity (Wildman–Crippen MR) is 67.3 cm³/mol. The van der Waals surface area contributed by atoms with Crippen molar-refractivity contribution in [2.45, 2.75) is 70.1 Å². The summed E-state index contributed by atoms with van der Waals surface area (Å²) in [5, 5.41) is 0.502. The average molecular weight is 229 g/mol. The van der Waals surface area contributed by atoms with Crippen LogP contribution >= 0.6 is 11.6 Å². The van der Waals surface area contributed by atoms with E-state index in [0.717, 1.165) is 17.8 Å². The minimum Gasteiger partial charge on any atom is -0.123 e. The lowest BCUT2D eigenvalue weighted by Crippen LogP contribution is -2.30. The van der Waals surface area contributed by atoms with Gasteiger partial charge in [0.05, 0.1) is 0 Å². The standard InChI is InChI=1S/C14H25Cl/c1-2-11-7-9-12(10-8-11)13-5-3-4-6-14(13)15/h11-14H,2-10H2,1H3. The topological polar surface area (TPSA) is 0 Å². The second kappa shape index (κ2) is 5.57. The summed E-state index contributed by atoms with van der Waals surface area (Å²) in [6.45, 7) is 2.34. The molecule has 0 nitrogen and oxygen atoms in total. The smallest absolute Gasteiger partial charge is 0.0366 e. The maximum absolute atomic E-state index is 6.49. The number of rotatable bonds is 2. The number of hydrogen-bond acceptors (Lipinski definition) is 0. The quantitative estimate of drug-likeness (QED) is 0.584. The fraction of sp³-hybridized carbons (Fsp3) is 1.00. The molecule has 0 saturated heterocycles. The Morgan fingerprint density at radius 3 is 2.20 bits per heavy atom. The molecule has 2 unspecified atom stereocenters. The van der Waals surface area contributed by atoms with Gasteiger partial charge in [0, 0.05) is 5.38 Å². The SMILES string of the molecule is CCC1CCC(C2CCCCC2Cl)CC1. The van der Waals surface area contributed by atoms with E-state index in [1.54, 1.807) is 0 Å². The Balaban J connectivity index is 1.83. The Labute approximate surface area is 99.8 Å². The lowest BCUT2D eigenvalue weighted by molar-refractivity contribution is 0.169. The predicted octanol–water partition coefficient (Wildman–Crippen LogP) is 5.00. The molecule has 88 valence electrons. The second-order valence-corrected chi connectivity index (χ2v) is 6.21. The van der Waals surface area contributed by atoms with Crippen molar-refractivity contribution >= 4 is 11.6 Å². The Morgan fingerprint density at radius 2 is 1.60 bits per heavy atom. The summed E-state index contributed by atoms with van der Waals surface area (Å²) >= 11 is 6.49. The molecule has 0 bridgehead atoms.